The average molecular weight is 293 g/mol. The molecule has 0 aromatic carbocycles. The van der Waals surface area contributed by atoms with Crippen LogP contribution in [0.5, 0.6) is 0 Å². The van der Waals surface area contributed by atoms with E-state index in [2.05, 4.69) is 54.6 Å². The zero-order chi connectivity index (χ0) is 10.9. The third-order valence-electron chi connectivity index (χ3n) is 1.91. The van der Waals surface area contributed by atoms with Crippen LogP contribution in [0.3, 0.4) is 0 Å². The van der Waals surface area contributed by atoms with E-state index in [1.54, 1.807) is 0 Å². The van der Waals surface area contributed by atoms with Crippen molar-refractivity contribution in [1.82, 2.24) is 4.67 Å². The minimum atomic E-state index is 0. The summed E-state index contributed by atoms with van der Waals surface area (Å²) in [6, 6.07) is 1.08. The van der Waals surface area contributed by atoms with Crippen LogP contribution >= 0.6 is 9.39 Å². The van der Waals surface area contributed by atoms with Gasteiger partial charge in [0.15, 0.2) is 0 Å². The Morgan fingerprint density at radius 2 is 1.50 bits per heavy atom. The van der Waals surface area contributed by atoms with Gasteiger partial charge in [-0.25, -0.2) is 0 Å². The molecule has 1 N–H and O–H groups in total. The maximum atomic E-state index is 8.24. The Hall–Kier alpha value is 0.964. The molecule has 0 aliphatic heterocycles. The van der Waals surface area contributed by atoms with Crippen molar-refractivity contribution in [3.05, 3.63) is 12.8 Å². The van der Waals surface area contributed by atoms with Crippen molar-refractivity contribution in [2.24, 2.45) is 0 Å². The molecule has 0 bridgehead atoms. The Morgan fingerprint density at radius 3 is 1.64 bits per heavy atom. The quantitative estimate of drug-likeness (QED) is 0.636. The summed E-state index contributed by atoms with van der Waals surface area (Å²) < 4.78 is 2.25. The van der Waals surface area contributed by atoms with E-state index in [1.165, 1.54) is 0 Å². The van der Waals surface area contributed by atoms with Crippen LogP contribution in [0, 0.1) is 12.8 Å². The summed E-state index contributed by atoms with van der Waals surface area (Å²) in [5.41, 5.74) is 0. The van der Waals surface area contributed by atoms with Crippen LogP contribution in [-0.2, 0) is 37.5 Å². The third kappa shape index (κ3) is 11.0. The maximum absolute atomic E-state index is 8.24. The first-order valence-electron chi connectivity index (χ1n) is 4.18. The minimum absolute atomic E-state index is 0. The largest absolute Gasteiger partial charge is 3.00 e. The summed E-state index contributed by atoms with van der Waals surface area (Å²) in [6.07, 6.45) is 4.38. The van der Waals surface area contributed by atoms with Gasteiger partial charge in [-0.15, -0.1) is 12.1 Å². The number of rotatable bonds is 4. The first-order chi connectivity index (χ1) is 6.04. The normalized spacial score (nSPS) is 13.3. The molecule has 0 aliphatic carbocycles. The molecule has 0 heterocycles. The van der Waals surface area contributed by atoms with E-state index in [0.717, 1.165) is 0 Å². The van der Waals surface area contributed by atoms with Crippen molar-refractivity contribution in [2.75, 3.05) is 0 Å². The molecule has 14 heavy (non-hydrogen) atoms. The second kappa shape index (κ2) is 14.0. The third-order valence-corrected chi connectivity index (χ3v) is 2.85. The van der Waals surface area contributed by atoms with E-state index in [1.807, 2.05) is 0 Å². The monoisotopic (exact) mass is 293 g/mol. The molecule has 3 unspecified atom stereocenters. The fourth-order valence-corrected chi connectivity index (χ4v) is 1.06. The van der Waals surface area contributed by atoms with Gasteiger partial charge < -0.3 is 27.4 Å². The summed E-state index contributed by atoms with van der Waals surface area (Å²) in [5, 5.41) is 6.76. The van der Waals surface area contributed by atoms with Gasteiger partial charge >= 0.3 is 32.7 Å². The van der Waals surface area contributed by atoms with Crippen molar-refractivity contribution in [3.8, 4) is 0 Å². The SMILES string of the molecule is C[CH-]C(C)N(P)C(C)[CH-]C.O=[C-]O.[Y+3]. The van der Waals surface area contributed by atoms with Gasteiger partial charge in [0.25, 0.3) is 0 Å². The Labute approximate surface area is 115 Å². The van der Waals surface area contributed by atoms with Crippen molar-refractivity contribution in [1.29, 1.82) is 0 Å². The van der Waals surface area contributed by atoms with Crippen molar-refractivity contribution < 1.29 is 42.6 Å². The maximum Gasteiger partial charge on any atom is 3.00 e. The topological polar surface area (TPSA) is 40.5 Å². The summed E-state index contributed by atoms with van der Waals surface area (Å²) >= 11 is 0. The molecule has 0 amide bonds. The van der Waals surface area contributed by atoms with E-state index in [-0.39, 0.29) is 32.7 Å². The number of hydrogen-bond acceptors (Lipinski definition) is 2. The molecule has 5 heteroatoms. The van der Waals surface area contributed by atoms with Crippen LogP contribution in [0.2, 0.25) is 0 Å². The number of aliphatic hydroxyl groups excluding tert-OH is 1. The molecule has 0 radical (unpaired) electrons. The van der Waals surface area contributed by atoms with Crippen LogP contribution in [0.4, 0.5) is 0 Å². The molecule has 0 spiro atoms. The number of nitrogens with zero attached hydrogens (tertiary/aromatic N) is 1. The van der Waals surface area contributed by atoms with E-state index in [0.29, 0.717) is 18.6 Å². The summed E-state index contributed by atoms with van der Waals surface area (Å²) in [7, 11) is 2.75. The molecule has 0 saturated heterocycles. The molecule has 3 atom stereocenters. The van der Waals surface area contributed by atoms with Crippen molar-refractivity contribution in [2.45, 2.75) is 39.8 Å². The fourth-order valence-electron chi connectivity index (χ4n) is 0.715. The van der Waals surface area contributed by atoms with Gasteiger partial charge in [-0.1, -0.05) is 29.7 Å². The van der Waals surface area contributed by atoms with Crippen LogP contribution < -0.4 is 0 Å². The second-order valence-electron chi connectivity index (χ2n) is 2.69. The van der Waals surface area contributed by atoms with Crippen LogP contribution in [0.1, 0.15) is 27.7 Å². The number of hydrogen-bond donors (Lipinski definition) is 1. The minimum Gasteiger partial charge on any atom is -0.665 e. The Balaban J connectivity index is -0.000000267. The molecule has 3 nitrogen and oxygen atoms in total. The first-order valence-corrected chi connectivity index (χ1v) is 4.69. The smallest absolute Gasteiger partial charge is 0.665 e. The summed E-state index contributed by atoms with van der Waals surface area (Å²) in [6.45, 7) is 9.05. The van der Waals surface area contributed by atoms with Gasteiger partial charge in [0.1, 0.15) is 0 Å². The molecular weight excluding hydrogens is 274 g/mol. The molecule has 0 rings (SSSR count). The van der Waals surface area contributed by atoms with Gasteiger partial charge in [-0.2, -0.15) is 13.8 Å². The van der Waals surface area contributed by atoms with Gasteiger partial charge in [-0.3, -0.25) is 0 Å². The zero-order valence-electron chi connectivity index (χ0n) is 9.27. The molecule has 0 aromatic heterocycles. The standard InChI is InChI=1S/C8H18NP.CHO2.Y/c1-5-7(3)9(10)8(4)6-2;2-1-3;/h5-8H,10H2,1-4H3;(H,2,3);/q-2;-1;+3. The van der Waals surface area contributed by atoms with E-state index in [4.69, 9.17) is 9.90 Å². The molecule has 0 aromatic rings. The van der Waals surface area contributed by atoms with Gasteiger partial charge in [-0.05, 0) is 0 Å². The predicted molar refractivity (Wildman–Crippen MR) is 58.7 cm³/mol. The van der Waals surface area contributed by atoms with E-state index >= 15 is 0 Å². The molecule has 80 valence electrons. The molecule has 0 saturated carbocycles. The summed E-state index contributed by atoms with van der Waals surface area (Å²) in [5.74, 6) is 0. The Morgan fingerprint density at radius 1 is 1.29 bits per heavy atom. The van der Waals surface area contributed by atoms with Gasteiger partial charge in [0.2, 0.25) is 0 Å². The van der Waals surface area contributed by atoms with Crippen LogP contribution in [-0.4, -0.2) is 28.3 Å². The Bertz CT molecular complexity index is 117. The van der Waals surface area contributed by atoms with Gasteiger partial charge in [0.05, 0.1) is 0 Å². The fraction of sp³-hybridized carbons (Fsp3) is 0.667. The van der Waals surface area contributed by atoms with E-state index in [9.17, 15) is 0 Å². The molecule has 0 fully saturated rings. The van der Waals surface area contributed by atoms with Crippen LogP contribution in [0.25, 0.3) is 0 Å². The molecular formula is C9H19NO2PY. The van der Waals surface area contributed by atoms with E-state index < -0.39 is 0 Å². The zero-order valence-corrected chi connectivity index (χ0v) is 13.3. The summed E-state index contributed by atoms with van der Waals surface area (Å²) in [4.78, 5) is 8.24. The van der Waals surface area contributed by atoms with Gasteiger partial charge in [0, 0.05) is 0 Å². The van der Waals surface area contributed by atoms with Crippen molar-refractivity contribution in [3.63, 3.8) is 0 Å². The first kappa shape index (κ1) is 20.4. The van der Waals surface area contributed by atoms with Crippen molar-refractivity contribution >= 4 is 15.9 Å². The Kier molecular flexibility index (Phi) is 20.3. The van der Waals surface area contributed by atoms with Crippen LogP contribution in [0.15, 0.2) is 0 Å². The average Bonchev–Trinajstić information content (AvgIpc) is 2.15. The molecule has 0 aliphatic rings. The second-order valence-corrected chi connectivity index (χ2v) is 3.28. The predicted octanol–water partition coefficient (Wildman–Crippen LogP) is 1.91.